The van der Waals surface area contributed by atoms with Gasteiger partial charge in [-0.2, -0.15) is 0 Å². The summed E-state index contributed by atoms with van der Waals surface area (Å²) in [6, 6.07) is 9.63. The van der Waals surface area contributed by atoms with Gasteiger partial charge in [-0.05, 0) is 44.7 Å². The first-order chi connectivity index (χ1) is 11.5. The molecule has 0 spiro atoms. The van der Waals surface area contributed by atoms with Gasteiger partial charge in [0.2, 0.25) is 5.91 Å². The maximum Gasteiger partial charge on any atom is 0.319 e. The van der Waals surface area contributed by atoms with E-state index >= 15 is 0 Å². The van der Waals surface area contributed by atoms with Crippen LogP contribution in [-0.4, -0.2) is 48.1 Å². The molecule has 138 valence electrons. The number of hydrogen-bond acceptors (Lipinski definition) is 3. The molecular weight excluding hydrogens is 340 g/mol. The molecule has 25 heavy (non-hydrogen) atoms. The molecule has 1 aromatic carbocycles. The maximum atomic E-state index is 12.6. The van der Waals surface area contributed by atoms with E-state index in [2.05, 4.69) is 16.0 Å². The van der Waals surface area contributed by atoms with Crippen molar-refractivity contribution in [2.45, 2.75) is 56.8 Å². The molecule has 3 N–H and O–H groups in total. The lowest BCUT2D eigenvalue weighted by molar-refractivity contribution is -0.134. The van der Waals surface area contributed by atoms with Crippen molar-refractivity contribution in [1.82, 2.24) is 15.5 Å². The van der Waals surface area contributed by atoms with E-state index in [4.69, 9.17) is 0 Å². The van der Waals surface area contributed by atoms with Crippen LogP contribution in [-0.2, 0) is 4.79 Å². The van der Waals surface area contributed by atoms with Crippen molar-refractivity contribution >= 4 is 30.0 Å². The van der Waals surface area contributed by atoms with Crippen LogP contribution in [0.1, 0.15) is 32.6 Å². The Labute approximate surface area is 155 Å². The summed E-state index contributed by atoms with van der Waals surface area (Å²) in [7, 11) is 1.85. The van der Waals surface area contributed by atoms with Crippen LogP contribution in [0, 0.1) is 0 Å². The van der Waals surface area contributed by atoms with Gasteiger partial charge in [-0.3, -0.25) is 4.79 Å². The summed E-state index contributed by atoms with van der Waals surface area (Å²) < 4.78 is 0. The van der Waals surface area contributed by atoms with Crippen LogP contribution in [0.5, 0.6) is 0 Å². The molecule has 0 aromatic heterocycles. The van der Waals surface area contributed by atoms with Gasteiger partial charge in [-0.15, -0.1) is 12.4 Å². The van der Waals surface area contributed by atoms with Gasteiger partial charge in [-0.1, -0.05) is 18.2 Å². The third kappa shape index (κ3) is 4.86. The second-order valence-corrected chi connectivity index (χ2v) is 6.90. The fourth-order valence-electron chi connectivity index (χ4n) is 3.78. The Kier molecular flexibility index (Phi) is 6.67. The van der Waals surface area contributed by atoms with Gasteiger partial charge in [-0.25, -0.2) is 4.79 Å². The number of carbonyl (C=O) groups is 2. The van der Waals surface area contributed by atoms with Gasteiger partial charge in [0.1, 0.15) is 6.04 Å². The summed E-state index contributed by atoms with van der Waals surface area (Å²) >= 11 is 0. The van der Waals surface area contributed by atoms with E-state index < -0.39 is 6.04 Å². The standard InChI is InChI=1S/C18H26N4O2.ClH/c1-12(19-18(24)21-13-6-4-3-5-7-13)17(23)22(2)16-10-14-8-9-15(11-16)20-14;/h3-7,12,14-16,20H,8-11H2,1-2H3,(H2,19,21,24);1H. The number of hydrogen-bond donors (Lipinski definition) is 3. The fourth-order valence-corrected chi connectivity index (χ4v) is 3.78. The van der Waals surface area contributed by atoms with E-state index in [0.717, 1.165) is 12.8 Å². The summed E-state index contributed by atoms with van der Waals surface area (Å²) in [5.74, 6) is -0.0375. The number of nitrogens with one attached hydrogen (secondary N) is 3. The number of piperidine rings is 1. The molecule has 0 saturated carbocycles. The summed E-state index contributed by atoms with van der Waals surface area (Å²) in [5, 5.41) is 9.05. The maximum absolute atomic E-state index is 12.6. The van der Waals surface area contributed by atoms with Crippen LogP contribution in [0.15, 0.2) is 30.3 Å². The van der Waals surface area contributed by atoms with E-state index in [1.807, 2.05) is 42.3 Å². The monoisotopic (exact) mass is 366 g/mol. The van der Waals surface area contributed by atoms with Gasteiger partial charge in [0.25, 0.3) is 0 Å². The van der Waals surface area contributed by atoms with Crippen LogP contribution >= 0.6 is 12.4 Å². The van der Waals surface area contributed by atoms with E-state index in [-0.39, 0.29) is 30.4 Å². The summed E-state index contributed by atoms with van der Waals surface area (Å²) in [5.41, 5.74) is 0.706. The molecule has 2 fully saturated rings. The number of fused-ring (bicyclic) bond motifs is 2. The number of carbonyl (C=O) groups excluding carboxylic acids is 2. The number of amides is 3. The Bertz CT molecular complexity index is 586. The first kappa shape index (κ1) is 19.5. The Balaban J connectivity index is 0.00000225. The highest BCUT2D eigenvalue weighted by Crippen LogP contribution is 2.29. The number of likely N-dealkylation sites (N-methyl/N-ethyl adjacent to an activating group) is 1. The van der Waals surface area contributed by atoms with Crippen LogP contribution in [0.25, 0.3) is 0 Å². The molecule has 1 aromatic rings. The molecule has 3 amide bonds. The normalized spacial score (nSPS) is 25.4. The van der Waals surface area contributed by atoms with E-state index in [1.165, 1.54) is 12.8 Å². The zero-order valence-electron chi connectivity index (χ0n) is 14.7. The van der Waals surface area contributed by atoms with Crippen molar-refractivity contribution in [2.75, 3.05) is 12.4 Å². The number of para-hydroxylation sites is 1. The van der Waals surface area contributed by atoms with Crippen LogP contribution in [0.3, 0.4) is 0 Å². The van der Waals surface area contributed by atoms with Gasteiger partial charge in [0.15, 0.2) is 0 Å². The van der Waals surface area contributed by atoms with Crippen molar-refractivity contribution in [1.29, 1.82) is 0 Å². The number of urea groups is 1. The Hall–Kier alpha value is -1.79. The van der Waals surface area contributed by atoms with Crippen LogP contribution < -0.4 is 16.0 Å². The third-order valence-electron chi connectivity index (χ3n) is 5.09. The summed E-state index contributed by atoms with van der Waals surface area (Å²) in [4.78, 5) is 26.5. The average molecular weight is 367 g/mol. The number of anilines is 1. The second kappa shape index (κ2) is 8.54. The lowest BCUT2D eigenvalue weighted by atomic mass is 9.98. The molecule has 2 aliphatic heterocycles. The SMILES string of the molecule is CC(NC(=O)Nc1ccccc1)C(=O)N(C)C1CC2CCC(C1)N2.Cl. The highest BCUT2D eigenvalue weighted by molar-refractivity contribution is 5.93. The first-order valence-electron chi connectivity index (χ1n) is 8.68. The minimum Gasteiger partial charge on any atom is -0.341 e. The first-order valence-corrected chi connectivity index (χ1v) is 8.68. The molecule has 3 rings (SSSR count). The zero-order valence-corrected chi connectivity index (χ0v) is 15.5. The smallest absolute Gasteiger partial charge is 0.319 e. The van der Waals surface area contributed by atoms with Crippen molar-refractivity contribution in [3.8, 4) is 0 Å². The minimum atomic E-state index is -0.550. The number of benzene rings is 1. The van der Waals surface area contributed by atoms with Gasteiger partial charge in [0.05, 0.1) is 0 Å². The molecule has 2 heterocycles. The number of rotatable bonds is 4. The lowest BCUT2D eigenvalue weighted by Gasteiger charge is -2.36. The topological polar surface area (TPSA) is 73.5 Å². The summed E-state index contributed by atoms with van der Waals surface area (Å²) in [6.07, 6.45) is 4.41. The molecular formula is C18H27ClN4O2. The Morgan fingerprint density at radius 3 is 2.36 bits per heavy atom. The zero-order chi connectivity index (χ0) is 17.1. The van der Waals surface area contributed by atoms with Crippen LogP contribution in [0.2, 0.25) is 0 Å². The average Bonchev–Trinajstić information content (AvgIpc) is 2.92. The largest absolute Gasteiger partial charge is 0.341 e. The second-order valence-electron chi connectivity index (χ2n) is 6.90. The highest BCUT2D eigenvalue weighted by Gasteiger charge is 2.37. The number of halogens is 1. The highest BCUT2D eigenvalue weighted by atomic mass is 35.5. The van der Waals surface area contributed by atoms with Crippen molar-refractivity contribution in [2.24, 2.45) is 0 Å². The van der Waals surface area contributed by atoms with Gasteiger partial charge < -0.3 is 20.9 Å². The van der Waals surface area contributed by atoms with Crippen molar-refractivity contribution < 1.29 is 9.59 Å². The predicted octanol–water partition coefficient (Wildman–Crippen LogP) is 2.36. The van der Waals surface area contributed by atoms with Crippen molar-refractivity contribution in [3.05, 3.63) is 30.3 Å². The predicted molar refractivity (Wildman–Crippen MR) is 101 cm³/mol. The number of nitrogens with zero attached hydrogens (tertiary/aromatic N) is 1. The molecule has 2 aliphatic rings. The van der Waals surface area contributed by atoms with Gasteiger partial charge >= 0.3 is 6.03 Å². The molecule has 3 atom stereocenters. The molecule has 0 aliphatic carbocycles. The van der Waals surface area contributed by atoms with Crippen LogP contribution in [0.4, 0.5) is 10.5 Å². The summed E-state index contributed by atoms with van der Waals surface area (Å²) in [6.45, 7) is 1.74. The van der Waals surface area contributed by atoms with Gasteiger partial charge in [0, 0.05) is 30.9 Å². The molecule has 0 radical (unpaired) electrons. The molecule has 2 bridgehead atoms. The van der Waals surface area contributed by atoms with Crippen molar-refractivity contribution in [3.63, 3.8) is 0 Å². The molecule has 2 saturated heterocycles. The minimum absolute atomic E-state index is 0. The van der Waals surface area contributed by atoms with E-state index in [0.29, 0.717) is 17.8 Å². The Morgan fingerprint density at radius 2 is 1.76 bits per heavy atom. The Morgan fingerprint density at radius 1 is 1.16 bits per heavy atom. The van der Waals surface area contributed by atoms with E-state index in [9.17, 15) is 9.59 Å². The quantitative estimate of drug-likeness (QED) is 0.765. The molecule has 6 nitrogen and oxygen atoms in total. The lowest BCUT2D eigenvalue weighted by Crippen LogP contribution is -2.53. The fraction of sp³-hybridized carbons (Fsp3) is 0.556. The molecule has 7 heteroatoms. The third-order valence-corrected chi connectivity index (χ3v) is 5.09. The van der Waals surface area contributed by atoms with E-state index in [1.54, 1.807) is 6.92 Å². The molecule has 3 unspecified atom stereocenters.